The second-order valence-electron chi connectivity index (χ2n) is 3.29. The zero-order valence-electron chi connectivity index (χ0n) is 8.66. The highest BCUT2D eigenvalue weighted by Crippen LogP contribution is 2.14. The van der Waals surface area contributed by atoms with Crippen LogP contribution in [-0.2, 0) is 0 Å². The van der Waals surface area contributed by atoms with Gasteiger partial charge in [0.1, 0.15) is 6.10 Å². The molecule has 2 aromatic heterocycles. The Morgan fingerprint density at radius 2 is 2.06 bits per heavy atom. The Labute approximate surface area is 91.3 Å². The van der Waals surface area contributed by atoms with E-state index in [-0.39, 0.29) is 18.3 Å². The molecule has 0 unspecified atom stereocenters. The van der Waals surface area contributed by atoms with Crippen molar-refractivity contribution in [3.05, 3.63) is 23.8 Å². The van der Waals surface area contributed by atoms with Gasteiger partial charge < -0.3 is 15.4 Å². The molecule has 2 rings (SSSR count). The molecule has 0 radical (unpaired) electrons. The van der Waals surface area contributed by atoms with Gasteiger partial charge in [0.15, 0.2) is 0 Å². The van der Waals surface area contributed by atoms with Gasteiger partial charge in [0, 0.05) is 18.9 Å². The molecule has 7 heteroatoms. The van der Waals surface area contributed by atoms with Gasteiger partial charge in [-0.05, 0) is 12.5 Å². The molecule has 0 bridgehead atoms. The van der Waals surface area contributed by atoms with E-state index in [4.69, 9.17) is 10.3 Å². The SMILES string of the molecule is Cc1cnc(-c2noc([C@@H](O)CN)n2)nc1. The molecule has 0 aliphatic heterocycles. The van der Waals surface area contributed by atoms with Gasteiger partial charge in [0.25, 0.3) is 5.89 Å². The van der Waals surface area contributed by atoms with Gasteiger partial charge in [-0.1, -0.05) is 5.16 Å². The predicted molar refractivity (Wildman–Crippen MR) is 54.1 cm³/mol. The van der Waals surface area contributed by atoms with E-state index in [9.17, 15) is 5.11 Å². The first kappa shape index (κ1) is 10.7. The molecule has 0 saturated heterocycles. The van der Waals surface area contributed by atoms with E-state index in [1.807, 2.05) is 6.92 Å². The first-order valence-electron chi connectivity index (χ1n) is 4.71. The van der Waals surface area contributed by atoms with Gasteiger partial charge in [-0.15, -0.1) is 0 Å². The lowest BCUT2D eigenvalue weighted by molar-refractivity contribution is 0.141. The number of hydrogen-bond acceptors (Lipinski definition) is 7. The standard InChI is InChI=1S/C9H11N5O2/c1-5-3-11-7(12-4-5)8-13-9(16-14-8)6(15)2-10/h3-4,6,15H,2,10H2,1H3/t6-/m0/s1. The summed E-state index contributed by atoms with van der Waals surface area (Å²) in [6.45, 7) is 1.90. The summed E-state index contributed by atoms with van der Waals surface area (Å²) in [7, 11) is 0. The van der Waals surface area contributed by atoms with Gasteiger partial charge in [0.2, 0.25) is 11.6 Å². The predicted octanol–water partition coefficient (Wildman–Crippen LogP) is -0.173. The molecule has 1 atom stereocenters. The van der Waals surface area contributed by atoms with Crippen LogP contribution in [0, 0.1) is 6.92 Å². The first-order chi connectivity index (χ1) is 7.70. The van der Waals surface area contributed by atoms with E-state index in [1.165, 1.54) is 0 Å². The topological polar surface area (TPSA) is 111 Å². The normalized spacial score (nSPS) is 12.7. The molecule has 2 heterocycles. The highest BCUT2D eigenvalue weighted by atomic mass is 16.5. The molecule has 7 nitrogen and oxygen atoms in total. The van der Waals surface area contributed by atoms with Gasteiger partial charge in [-0.3, -0.25) is 0 Å². The summed E-state index contributed by atoms with van der Waals surface area (Å²) in [5.41, 5.74) is 6.20. The van der Waals surface area contributed by atoms with Gasteiger partial charge in [-0.25, -0.2) is 9.97 Å². The Kier molecular flexibility index (Phi) is 2.88. The van der Waals surface area contributed by atoms with Gasteiger partial charge in [0.05, 0.1) is 0 Å². The molecule has 0 aliphatic rings. The van der Waals surface area contributed by atoms with E-state index in [1.54, 1.807) is 12.4 Å². The highest BCUT2D eigenvalue weighted by molar-refractivity contribution is 5.40. The number of nitrogens with zero attached hydrogens (tertiary/aromatic N) is 4. The van der Waals surface area contributed by atoms with Crippen LogP contribution >= 0.6 is 0 Å². The summed E-state index contributed by atoms with van der Waals surface area (Å²) in [6.07, 6.45) is 2.35. The molecule has 0 aliphatic carbocycles. The van der Waals surface area contributed by atoms with Crippen LogP contribution in [0.1, 0.15) is 17.6 Å². The number of hydrogen-bond donors (Lipinski definition) is 2. The smallest absolute Gasteiger partial charge is 0.257 e. The number of nitrogens with two attached hydrogens (primary N) is 1. The maximum atomic E-state index is 9.37. The fourth-order valence-electron chi connectivity index (χ4n) is 1.07. The molecule has 0 saturated carbocycles. The van der Waals surface area contributed by atoms with Gasteiger partial charge in [-0.2, -0.15) is 4.98 Å². The van der Waals surface area contributed by atoms with Crippen molar-refractivity contribution in [3.8, 4) is 11.6 Å². The number of aliphatic hydroxyl groups excluding tert-OH is 1. The maximum Gasteiger partial charge on any atom is 0.257 e. The average molecular weight is 221 g/mol. The Morgan fingerprint density at radius 3 is 2.69 bits per heavy atom. The highest BCUT2D eigenvalue weighted by Gasteiger charge is 2.16. The van der Waals surface area contributed by atoms with Crippen LogP contribution in [0.2, 0.25) is 0 Å². The minimum atomic E-state index is -0.952. The minimum absolute atomic E-state index is 0.0242. The fourth-order valence-corrected chi connectivity index (χ4v) is 1.07. The number of aromatic nitrogens is 4. The molecule has 2 aromatic rings. The minimum Gasteiger partial charge on any atom is -0.382 e. The third-order valence-corrected chi connectivity index (χ3v) is 1.93. The van der Waals surface area contributed by atoms with Crippen molar-refractivity contribution in [1.29, 1.82) is 0 Å². The largest absolute Gasteiger partial charge is 0.382 e. The van der Waals surface area contributed by atoms with Crippen molar-refractivity contribution >= 4 is 0 Å². The Balaban J connectivity index is 2.28. The number of rotatable bonds is 3. The average Bonchev–Trinajstić information content (AvgIpc) is 2.78. The van der Waals surface area contributed by atoms with Crippen molar-refractivity contribution in [1.82, 2.24) is 20.1 Å². The van der Waals surface area contributed by atoms with Crippen LogP contribution in [-0.4, -0.2) is 31.8 Å². The van der Waals surface area contributed by atoms with E-state index >= 15 is 0 Å². The lowest BCUT2D eigenvalue weighted by atomic mass is 10.3. The Bertz CT molecular complexity index is 467. The monoisotopic (exact) mass is 221 g/mol. The van der Waals surface area contributed by atoms with E-state index in [0.717, 1.165) is 5.56 Å². The Hall–Kier alpha value is -1.86. The summed E-state index contributed by atoms with van der Waals surface area (Å²) in [5, 5.41) is 13.0. The molecular weight excluding hydrogens is 210 g/mol. The first-order valence-corrected chi connectivity index (χ1v) is 4.71. The second kappa shape index (κ2) is 4.33. The van der Waals surface area contributed by atoms with Gasteiger partial charge >= 0.3 is 0 Å². The summed E-state index contributed by atoms with van der Waals surface area (Å²) in [6, 6.07) is 0. The fraction of sp³-hybridized carbons (Fsp3) is 0.333. The number of aryl methyl sites for hydroxylation is 1. The van der Waals surface area contributed by atoms with Crippen molar-refractivity contribution < 1.29 is 9.63 Å². The lowest BCUT2D eigenvalue weighted by Crippen LogP contribution is -2.11. The third kappa shape index (κ3) is 2.05. The Morgan fingerprint density at radius 1 is 1.38 bits per heavy atom. The maximum absolute atomic E-state index is 9.37. The molecule has 3 N–H and O–H groups in total. The summed E-state index contributed by atoms with van der Waals surface area (Å²) in [4.78, 5) is 12.0. The van der Waals surface area contributed by atoms with E-state index in [0.29, 0.717) is 5.82 Å². The van der Waals surface area contributed by atoms with Crippen LogP contribution < -0.4 is 5.73 Å². The zero-order chi connectivity index (χ0) is 11.5. The van der Waals surface area contributed by atoms with Crippen molar-refractivity contribution in [2.24, 2.45) is 5.73 Å². The van der Waals surface area contributed by atoms with E-state index in [2.05, 4.69) is 20.1 Å². The molecule has 0 fully saturated rings. The summed E-state index contributed by atoms with van der Waals surface area (Å²) >= 11 is 0. The summed E-state index contributed by atoms with van der Waals surface area (Å²) < 4.78 is 4.83. The van der Waals surface area contributed by atoms with Crippen molar-refractivity contribution in [3.63, 3.8) is 0 Å². The van der Waals surface area contributed by atoms with Crippen LogP contribution in [0.5, 0.6) is 0 Å². The van der Waals surface area contributed by atoms with Crippen LogP contribution in [0.25, 0.3) is 11.6 Å². The van der Waals surface area contributed by atoms with Crippen molar-refractivity contribution in [2.45, 2.75) is 13.0 Å². The van der Waals surface area contributed by atoms with Crippen LogP contribution in [0.3, 0.4) is 0 Å². The zero-order valence-corrected chi connectivity index (χ0v) is 8.66. The van der Waals surface area contributed by atoms with Crippen molar-refractivity contribution in [2.75, 3.05) is 6.54 Å². The van der Waals surface area contributed by atoms with E-state index < -0.39 is 6.10 Å². The molecule has 0 aromatic carbocycles. The summed E-state index contributed by atoms with van der Waals surface area (Å²) in [5.74, 6) is 0.661. The molecule has 0 spiro atoms. The number of aliphatic hydroxyl groups is 1. The molecule has 0 amide bonds. The second-order valence-corrected chi connectivity index (χ2v) is 3.29. The van der Waals surface area contributed by atoms with Crippen LogP contribution in [0.4, 0.5) is 0 Å². The molecular formula is C9H11N5O2. The van der Waals surface area contributed by atoms with Crippen LogP contribution in [0.15, 0.2) is 16.9 Å². The quantitative estimate of drug-likeness (QED) is 0.739. The molecule has 16 heavy (non-hydrogen) atoms. The lowest BCUT2D eigenvalue weighted by Gasteiger charge is -1.97. The third-order valence-electron chi connectivity index (χ3n) is 1.93. The molecule has 84 valence electrons.